The lowest BCUT2D eigenvalue weighted by atomic mass is 9.78. The first-order valence-electron chi connectivity index (χ1n) is 10.6. The van der Waals surface area contributed by atoms with Gasteiger partial charge in [-0.05, 0) is 55.7 Å². The molecule has 0 radical (unpaired) electrons. The maximum absolute atomic E-state index is 13.2. The summed E-state index contributed by atoms with van der Waals surface area (Å²) in [5.74, 6) is 0.562. The van der Waals surface area contributed by atoms with Gasteiger partial charge in [-0.3, -0.25) is 4.79 Å². The molecule has 1 amide bonds. The summed E-state index contributed by atoms with van der Waals surface area (Å²) in [4.78, 5) is 25.4. The zero-order valence-corrected chi connectivity index (χ0v) is 18.4. The summed E-state index contributed by atoms with van der Waals surface area (Å²) in [6.07, 6.45) is 4.35. The first-order valence-corrected chi connectivity index (χ1v) is 10.6. The lowest BCUT2D eigenvalue weighted by Crippen LogP contribution is -2.48. The summed E-state index contributed by atoms with van der Waals surface area (Å²) in [6, 6.07) is 5.06. The highest BCUT2D eigenvalue weighted by Crippen LogP contribution is 2.36. The van der Waals surface area contributed by atoms with Crippen molar-refractivity contribution in [2.45, 2.75) is 65.4 Å². The summed E-state index contributed by atoms with van der Waals surface area (Å²) in [5.41, 5.74) is 0.0165. The summed E-state index contributed by atoms with van der Waals surface area (Å²) < 4.78 is 16.7. The van der Waals surface area contributed by atoms with Crippen LogP contribution in [0.2, 0.25) is 0 Å². The Labute approximate surface area is 174 Å². The molecule has 0 heterocycles. The van der Waals surface area contributed by atoms with Gasteiger partial charge in [0.15, 0.2) is 0 Å². The number of esters is 1. The fourth-order valence-electron chi connectivity index (χ4n) is 3.71. The molecule has 1 N–H and O–H groups in total. The van der Waals surface area contributed by atoms with Crippen LogP contribution in [0.5, 0.6) is 5.75 Å². The Hall–Kier alpha value is -2.08. The van der Waals surface area contributed by atoms with E-state index < -0.39 is 11.6 Å². The van der Waals surface area contributed by atoms with Crippen molar-refractivity contribution < 1.29 is 23.8 Å². The Morgan fingerprint density at radius 2 is 2.07 bits per heavy atom. The minimum atomic E-state index is -0.814. The molecule has 0 aliphatic heterocycles. The Kier molecular flexibility index (Phi) is 8.50. The van der Waals surface area contributed by atoms with Gasteiger partial charge < -0.3 is 19.5 Å². The second-order valence-electron chi connectivity index (χ2n) is 8.41. The molecule has 1 aromatic carbocycles. The predicted octanol–water partition coefficient (Wildman–Crippen LogP) is 4.82. The fourth-order valence-corrected chi connectivity index (χ4v) is 3.71. The second kappa shape index (κ2) is 10.6. The van der Waals surface area contributed by atoms with E-state index in [9.17, 15) is 9.59 Å². The number of hydrogen-bond acceptors (Lipinski definition) is 5. The van der Waals surface area contributed by atoms with Crippen LogP contribution in [0.15, 0.2) is 18.2 Å². The number of methoxy groups -OCH3 is 1. The molecule has 29 heavy (non-hydrogen) atoms. The van der Waals surface area contributed by atoms with Gasteiger partial charge >= 0.3 is 5.97 Å². The van der Waals surface area contributed by atoms with E-state index in [0.29, 0.717) is 54.9 Å². The highest BCUT2D eigenvalue weighted by atomic mass is 16.5. The van der Waals surface area contributed by atoms with Crippen LogP contribution in [0.3, 0.4) is 0 Å². The van der Waals surface area contributed by atoms with E-state index in [4.69, 9.17) is 14.2 Å². The summed E-state index contributed by atoms with van der Waals surface area (Å²) >= 11 is 0. The van der Waals surface area contributed by atoms with Crippen molar-refractivity contribution in [3.8, 4) is 5.75 Å². The molecule has 0 bridgehead atoms. The Morgan fingerprint density at radius 3 is 2.69 bits per heavy atom. The number of rotatable bonds is 9. The van der Waals surface area contributed by atoms with E-state index in [2.05, 4.69) is 12.2 Å². The SMILES string of the molecule is CCCOC1(C(=O)Nc2ccc(OCC(C)C)c(C(=O)OC)c2)CCCC(C)C1. The van der Waals surface area contributed by atoms with Crippen molar-refractivity contribution in [2.75, 3.05) is 25.6 Å². The molecule has 1 saturated carbocycles. The standard InChI is InChI=1S/C23H35NO5/c1-6-12-29-23(11-7-8-17(4)14-23)22(26)24-18-9-10-20(28-15-16(2)3)19(13-18)21(25)27-5/h9-10,13,16-17H,6-8,11-12,14-15H2,1-5H3,(H,24,26). The van der Waals surface area contributed by atoms with E-state index in [1.807, 2.05) is 20.8 Å². The van der Waals surface area contributed by atoms with Gasteiger partial charge in [0.2, 0.25) is 0 Å². The van der Waals surface area contributed by atoms with Gasteiger partial charge in [-0.15, -0.1) is 0 Å². The second-order valence-corrected chi connectivity index (χ2v) is 8.41. The van der Waals surface area contributed by atoms with Crippen LogP contribution < -0.4 is 10.1 Å². The van der Waals surface area contributed by atoms with Crippen LogP contribution in [0.1, 0.15) is 70.2 Å². The van der Waals surface area contributed by atoms with Crippen LogP contribution in [0.25, 0.3) is 0 Å². The van der Waals surface area contributed by atoms with E-state index in [1.54, 1.807) is 18.2 Å². The quantitative estimate of drug-likeness (QED) is 0.596. The Balaban J connectivity index is 2.24. The number of hydrogen-bond donors (Lipinski definition) is 1. The van der Waals surface area contributed by atoms with Gasteiger partial charge in [0.25, 0.3) is 5.91 Å². The molecule has 0 spiro atoms. The van der Waals surface area contributed by atoms with Crippen LogP contribution in [0, 0.1) is 11.8 Å². The maximum atomic E-state index is 13.2. The maximum Gasteiger partial charge on any atom is 0.341 e. The molecular formula is C23H35NO5. The summed E-state index contributed by atoms with van der Waals surface area (Å²) in [6.45, 7) is 9.31. The van der Waals surface area contributed by atoms with Crippen LogP contribution >= 0.6 is 0 Å². The van der Waals surface area contributed by atoms with Crippen LogP contribution in [-0.4, -0.2) is 37.8 Å². The van der Waals surface area contributed by atoms with E-state index >= 15 is 0 Å². The van der Waals surface area contributed by atoms with Crippen molar-refractivity contribution in [3.63, 3.8) is 0 Å². The molecule has 1 aliphatic carbocycles. The highest BCUT2D eigenvalue weighted by molar-refractivity contribution is 5.99. The zero-order valence-electron chi connectivity index (χ0n) is 18.4. The lowest BCUT2D eigenvalue weighted by Gasteiger charge is -2.38. The zero-order chi connectivity index (χ0) is 21.4. The molecule has 6 heteroatoms. The summed E-state index contributed by atoms with van der Waals surface area (Å²) in [7, 11) is 1.33. The van der Waals surface area contributed by atoms with Crippen LogP contribution in [-0.2, 0) is 14.3 Å². The highest BCUT2D eigenvalue weighted by Gasteiger charge is 2.42. The molecule has 1 fully saturated rings. The van der Waals surface area contributed by atoms with Crippen molar-refractivity contribution >= 4 is 17.6 Å². The molecule has 6 nitrogen and oxygen atoms in total. The van der Waals surface area contributed by atoms with Crippen LogP contribution in [0.4, 0.5) is 5.69 Å². The van der Waals surface area contributed by atoms with Crippen molar-refractivity contribution in [1.82, 2.24) is 0 Å². The average Bonchev–Trinajstić information content (AvgIpc) is 2.70. The molecule has 0 saturated heterocycles. The van der Waals surface area contributed by atoms with E-state index in [0.717, 1.165) is 19.3 Å². The third kappa shape index (κ3) is 6.20. The average molecular weight is 406 g/mol. The first-order chi connectivity index (χ1) is 13.8. The molecule has 162 valence electrons. The minimum Gasteiger partial charge on any atom is -0.492 e. The first kappa shape index (κ1) is 23.2. The van der Waals surface area contributed by atoms with Gasteiger partial charge in [-0.2, -0.15) is 0 Å². The van der Waals surface area contributed by atoms with Crippen molar-refractivity contribution in [1.29, 1.82) is 0 Å². The molecule has 0 aromatic heterocycles. The molecule has 2 unspecified atom stereocenters. The third-order valence-electron chi connectivity index (χ3n) is 5.17. The van der Waals surface area contributed by atoms with E-state index in [-0.39, 0.29) is 5.91 Å². The number of amides is 1. The monoisotopic (exact) mass is 405 g/mol. The topological polar surface area (TPSA) is 73.9 Å². The number of benzene rings is 1. The molecule has 1 aliphatic rings. The van der Waals surface area contributed by atoms with Gasteiger partial charge in [0.1, 0.15) is 16.9 Å². The third-order valence-corrected chi connectivity index (χ3v) is 5.17. The Bertz CT molecular complexity index is 703. The number of anilines is 1. The normalized spacial score (nSPS) is 21.7. The van der Waals surface area contributed by atoms with Gasteiger partial charge in [-0.25, -0.2) is 4.79 Å². The lowest BCUT2D eigenvalue weighted by molar-refractivity contribution is -0.148. The number of carbonyl (C=O) groups excluding carboxylic acids is 2. The smallest absolute Gasteiger partial charge is 0.341 e. The largest absolute Gasteiger partial charge is 0.492 e. The fraction of sp³-hybridized carbons (Fsp3) is 0.652. The molecule has 1 aromatic rings. The van der Waals surface area contributed by atoms with Crippen molar-refractivity contribution in [2.24, 2.45) is 11.8 Å². The van der Waals surface area contributed by atoms with E-state index in [1.165, 1.54) is 7.11 Å². The minimum absolute atomic E-state index is 0.149. The molecule has 2 rings (SSSR count). The number of nitrogens with one attached hydrogen (secondary N) is 1. The Morgan fingerprint density at radius 1 is 1.31 bits per heavy atom. The molecular weight excluding hydrogens is 370 g/mol. The number of ether oxygens (including phenoxy) is 3. The van der Waals surface area contributed by atoms with Gasteiger partial charge in [0.05, 0.1) is 13.7 Å². The van der Waals surface area contributed by atoms with Crippen molar-refractivity contribution in [3.05, 3.63) is 23.8 Å². The van der Waals surface area contributed by atoms with Gasteiger partial charge in [-0.1, -0.05) is 34.1 Å². The molecule has 2 atom stereocenters. The number of carbonyl (C=O) groups is 2. The van der Waals surface area contributed by atoms with Gasteiger partial charge in [0, 0.05) is 12.3 Å². The summed E-state index contributed by atoms with van der Waals surface area (Å²) in [5, 5.41) is 2.97. The predicted molar refractivity (Wildman–Crippen MR) is 113 cm³/mol.